The topological polar surface area (TPSA) is 75.6 Å². The number of alkyl halides is 3. The highest BCUT2D eigenvalue weighted by Gasteiger charge is 2.43. The molecule has 9 heteroatoms. The Labute approximate surface area is 198 Å². The molecule has 0 radical (unpaired) electrons. The van der Waals surface area contributed by atoms with Crippen LogP contribution in [0.3, 0.4) is 0 Å². The van der Waals surface area contributed by atoms with E-state index in [-0.39, 0.29) is 17.9 Å². The summed E-state index contributed by atoms with van der Waals surface area (Å²) in [6.07, 6.45) is -2.45. The van der Waals surface area contributed by atoms with E-state index in [1.807, 2.05) is 0 Å². The first kappa shape index (κ1) is 23.9. The third-order valence-electron chi connectivity index (χ3n) is 6.07. The molecule has 34 heavy (non-hydrogen) atoms. The number of benzene rings is 3. The van der Waals surface area contributed by atoms with Crippen LogP contribution in [0.2, 0.25) is 5.02 Å². The van der Waals surface area contributed by atoms with Crippen LogP contribution in [0, 0.1) is 0 Å². The fourth-order valence-corrected chi connectivity index (χ4v) is 4.50. The van der Waals surface area contributed by atoms with Crippen molar-refractivity contribution >= 4 is 34.2 Å². The predicted octanol–water partition coefficient (Wildman–Crippen LogP) is 6.22. The van der Waals surface area contributed by atoms with E-state index in [1.54, 1.807) is 24.3 Å². The average Bonchev–Trinajstić information content (AvgIpc) is 3.28. The Bertz CT molecular complexity index is 1240. The third-order valence-corrected chi connectivity index (χ3v) is 6.39. The van der Waals surface area contributed by atoms with Crippen LogP contribution in [0.1, 0.15) is 47.2 Å². The van der Waals surface area contributed by atoms with E-state index in [9.17, 15) is 27.9 Å². The maximum Gasteiger partial charge on any atom is 0.416 e. The number of carboxylic acid groups (broad SMARTS) is 1. The number of carbonyl (C=O) groups is 2. The summed E-state index contributed by atoms with van der Waals surface area (Å²) in [5, 5.41) is 13.8. The lowest BCUT2D eigenvalue weighted by molar-refractivity contribution is -0.144. The first-order valence-electron chi connectivity index (χ1n) is 10.7. The first-order valence-corrected chi connectivity index (χ1v) is 11.0. The Morgan fingerprint density at radius 2 is 1.65 bits per heavy atom. The van der Waals surface area contributed by atoms with Gasteiger partial charge in [0.15, 0.2) is 0 Å². The van der Waals surface area contributed by atoms with Crippen LogP contribution in [0.25, 0.3) is 10.8 Å². The summed E-state index contributed by atoms with van der Waals surface area (Å²) >= 11 is 6.41. The molecule has 1 fully saturated rings. The van der Waals surface area contributed by atoms with Crippen LogP contribution in [-0.4, -0.2) is 22.5 Å². The second-order valence-electron chi connectivity index (χ2n) is 8.31. The molecule has 3 aromatic rings. The molecule has 3 aromatic carbocycles. The van der Waals surface area contributed by atoms with Gasteiger partial charge in [0.05, 0.1) is 11.1 Å². The van der Waals surface area contributed by atoms with E-state index in [4.69, 9.17) is 16.3 Å². The van der Waals surface area contributed by atoms with Crippen molar-refractivity contribution in [3.8, 4) is 5.75 Å². The second kappa shape index (κ2) is 9.18. The van der Waals surface area contributed by atoms with E-state index in [0.717, 1.165) is 12.1 Å². The van der Waals surface area contributed by atoms with Crippen molar-refractivity contribution in [1.29, 1.82) is 0 Å². The van der Waals surface area contributed by atoms with Crippen LogP contribution in [0.5, 0.6) is 5.75 Å². The molecule has 0 spiro atoms. The van der Waals surface area contributed by atoms with Gasteiger partial charge in [0, 0.05) is 15.8 Å². The van der Waals surface area contributed by atoms with E-state index in [2.05, 4.69) is 5.32 Å². The van der Waals surface area contributed by atoms with Gasteiger partial charge in [-0.1, -0.05) is 60.8 Å². The number of carbonyl (C=O) groups excluding carboxylic acids is 1. The van der Waals surface area contributed by atoms with Crippen molar-refractivity contribution in [3.05, 3.63) is 76.3 Å². The van der Waals surface area contributed by atoms with Gasteiger partial charge in [-0.05, 0) is 36.6 Å². The van der Waals surface area contributed by atoms with Crippen LogP contribution in [-0.2, 0) is 17.6 Å². The molecular weight excluding hydrogens is 471 g/mol. The zero-order valence-corrected chi connectivity index (χ0v) is 18.7. The standard InChI is InChI=1S/C25H21ClF3NO4/c26-20-13-19(22(31)30-24(23(32)33)11-3-4-12-24)21(18-6-2-1-5-17(18)20)34-14-15-7-9-16(10-8-15)25(27,28)29/h1-2,5-10,13H,3-4,11-12,14H2,(H,30,31)(H,32,33). The molecule has 0 bridgehead atoms. The lowest BCUT2D eigenvalue weighted by atomic mass is 9.96. The molecule has 0 aliphatic heterocycles. The minimum Gasteiger partial charge on any atom is -0.487 e. The van der Waals surface area contributed by atoms with Crippen LogP contribution < -0.4 is 10.1 Å². The minimum atomic E-state index is -4.45. The quantitative estimate of drug-likeness (QED) is 0.429. The van der Waals surface area contributed by atoms with Crippen molar-refractivity contribution in [2.45, 2.75) is 44.0 Å². The number of fused-ring (bicyclic) bond motifs is 1. The van der Waals surface area contributed by atoms with Crippen LogP contribution in [0.15, 0.2) is 54.6 Å². The first-order chi connectivity index (χ1) is 16.1. The molecule has 1 aliphatic carbocycles. The molecule has 1 aliphatic rings. The smallest absolute Gasteiger partial charge is 0.416 e. The fraction of sp³-hybridized carbons (Fsp3) is 0.280. The summed E-state index contributed by atoms with van der Waals surface area (Å²) < 4.78 is 44.5. The molecule has 5 nitrogen and oxygen atoms in total. The van der Waals surface area contributed by atoms with Crippen LogP contribution >= 0.6 is 11.6 Å². The number of rotatable bonds is 6. The number of halogens is 4. The number of nitrogens with one attached hydrogen (secondary N) is 1. The molecule has 0 atom stereocenters. The maximum atomic E-state index is 13.3. The summed E-state index contributed by atoms with van der Waals surface area (Å²) in [4.78, 5) is 25.2. The van der Waals surface area contributed by atoms with Crippen molar-refractivity contribution in [2.24, 2.45) is 0 Å². The minimum absolute atomic E-state index is 0.0585. The number of carboxylic acids is 1. The molecule has 0 saturated heterocycles. The van der Waals surface area contributed by atoms with Crippen LogP contribution in [0.4, 0.5) is 13.2 Å². The summed E-state index contributed by atoms with van der Waals surface area (Å²) in [5.41, 5.74) is -1.61. The molecule has 0 unspecified atom stereocenters. The Balaban J connectivity index is 1.68. The predicted molar refractivity (Wildman–Crippen MR) is 121 cm³/mol. The maximum absolute atomic E-state index is 13.3. The molecular formula is C25H21ClF3NO4. The summed E-state index contributed by atoms with van der Waals surface area (Å²) in [7, 11) is 0. The summed E-state index contributed by atoms with van der Waals surface area (Å²) in [5.74, 6) is -1.56. The fourth-order valence-electron chi connectivity index (χ4n) is 4.23. The zero-order valence-electron chi connectivity index (χ0n) is 17.9. The van der Waals surface area contributed by atoms with Gasteiger partial charge in [0.2, 0.25) is 0 Å². The Morgan fingerprint density at radius 3 is 2.24 bits per heavy atom. The molecule has 0 heterocycles. The van der Waals surface area contributed by atoms with Crippen molar-refractivity contribution < 1.29 is 32.6 Å². The lowest BCUT2D eigenvalue weighted by Gasteiger charge is -2.26. The van der Waals surface area contributed by atoms with Gasteiger partial charge >= 0.3 is 12.1 Å². The zero-order chi connectivity index (χ0) is 24.5. The third kappa shape index (κ3) is 4.68. The van der Waals surface area contributed by atoms with E-state index >= 15 is 0 Å². The lowest BCUT2D eigenvalue weighted by Crippen LogP contribution is -2.52. The van der Waals surface area contributed by atoms with E-state index in [0.29, 0.717) is 47.0 Å². The average molecular weight is 492 g/mol. The Hall–Kier alpha value is -3.26. The number of ether oxygens (including phenoxy) is 1. The highest BCUT2D eigenvalue weighted by molar-refractivity contribution is 6.36. The second-order valence-corrected chi connectivity index (χ2v) is 8.72. The van der Waals surface area contributed by atoms with Gasteiger partial charge in [0.1, 0.15) is 17.9 Å². The number of hydrogen-bond donors (Lipinski definition) is 2. The van der Waals surface area contributed by atoms with Gasteiger partial charge in [-0.3, -0.25) is 4.79 Å². The van der Waals surface area contributed by atoms with E-state index < -0.39 is 29.2 Å². The Kier molecular flexibility index (Phi) is 6.45. The monoisotopic (exact) mass is 491 g/mol. The van der Waals surface area contributed by atoms with E-state index in [1.165, 1.54) is 18.2 Å². The number of aliphatic carboxylic acids is 1. The summed E-state index contributed by atoms with van der Waals surface area (Å²) in [6, 6.07) is 12.9. The molecule has 4 rings (SSSR count). The molecule has 0 aromatic heterocycles. The molecule has 1 saturated carbocycles. The normalized spacial score (nSPS) is 15.3. The van der Waals surface area contributed by atoms with Crippen molar-refractivity contribution in [3.63, 3.8) is 0 Å². The van der Waals surface area contributed by atoms with Gasteiger partial charge in [-0.2, -0.15) is 13.2 Å². The number of hydrogen-bond acceptors (Lipinski definition) is 3. The Morgan fingerprint density at radius 1 is 1.03 bits per heavy atom. The highest BCUT2D eigenvalue weighted by atomic mass is 35.5. The summed E-state index contributed by atoms with van der Waals surface area (Å²) in [6.45, 7) is -0.103. The van der Waals surface area contributed by atoms with Crippen molar-refractivity contribution in [1.82, 2.24) is 5.32 Å². The SMILES string of the molecule is O=C(NC1(C(=O)O)CCCC1)c1cc(Cl)c2ccccc2c1OCc1ccc(C(F)(F)F)cc1. The number of amides is 1. The largest absolute Gasteiger partial charge is 0.487 e. The molecule has 178 valence electrons. The van der Waals surface area contributed by atoms with Crippen molar-refractivity contribution in [2.75, 3.05) is 0 Å². The van der Waals surface area contributed by atoms with Gasteiger partial charge < -0.3 is 15.2 Å². The molecule has 2 N–H and O–H groups in total. The van der Waals surface area contributed by atoms with Gasteiger partial charge in [-0.15, -0.1) is 0 Å². The van der Waals surface area contributed by atoms with Gasteiger partial charge in [-0.25, -0.2) is 4.79 Å². The van der Waals surface area contributed by atoms with Gasteiger partial charge in [0.25, 0.3) is 5.91 Å². The highest BCUT2D eigenvalue weighted by Crippen LogP contribution is 2.37. The molecule has 1 amide bonds.